The van der Waals surface area contributed by atoms with E-state index in [2.05, 4.69) is 11.1 Å². The number of fused-ring (bicyclic) bond motifs is 1. The van der Waals surface area contributed by atoms with Crippen LogP contribution in [0, 0.1) is 5.82 Å². The second-order valence-electron chi connectivity index (χ2n) is 4.75. The molecule has 2 N–H and O–H groups in total. The molecule has 0 bridgehead atoms. The van der Waals surface area contributed by atoms with Crippen LogP contribution >= 0.6 is 0 Å². The van der Waals surface area contributed by atoms with Gasteiger partial charge in [0.2, 0.25) is 0 Å². The first-order valence-corrected chi connectivity index (χ1v) is 6.48. The highest BCUT2D eigenvalue weighted by molar-refractivity contribution is 5.69. The van der Waals surface area contributed by atoms with E-state index in [-0.39, 0.29) is 5.82 Å². The van der Waals surface area contributed by atoms with Crippen molar-refractivity contribution in [3.05, 3.63) is 54.0 Å². The molecule has 1 aliphatic rings. The Morgan fingerprint density at radius 2 is 2.11 bits per heavy atom. The Hall–Kier alpha value is -1.94. The van der Waals surface area contributed by atoms with E-state index in [9.17, 15) is 4.39 Å². The van der Waals surface area contributed by atoms with Gasteiger partial charge in [-0.1, -0.05) is 18.2 Å². The van der Waals surface area contributed by atoms with Crippen LogP contribution in [0.25, 0.3) is 0 Å². The first kappa shape index (κ1) is 12.1. The minimum atomic E-state index is -0.286. The summed E-state index contributed by atoms with van der Waals surface area (Å²) in [5, 5.41) is 0. The van der Waals surface area contributed by atoms with Gasteiger partial charge >= 0.3 is 0 Å². The standard InChI is InChI=1S/C15H16FN3/c16-13-5-3-9-18-15(13)19-10-11(7-8-17)12-4-1-2-6-14(12)19/h1-6,9,11H,7-8,10,17H2. The second-order valence-corrected chi connectivity index (χ2v) is 4.75. The van der Waals surface area contributed by atoms with Crippen molar-refractivity contribution in [2.24, 2.45) is 5.73 Å². The smallest absolute Gasteiger partial charge is 0.169 e. The van der Waals surface area contributed by atoms with Crippen molar-refractivity contribution in [2.45, 2.75) is 12.3 Å². The van der Waals surface area contributed by atoms with Crippen LogP contribution in [0.4, 0.5) is 15.9 Å². The van der Waals surface area contributed by atoms with E-state index in [1.54, 1.807) is 12.3 Å². The summed E-state index contributed by atoms with van der Waals surface area (Å²) in [6, 6.07) is 11.1. The van der Waals surface area contributed by atoms with Gasteiger partial charge < -0.3 is 10.6 Å². The Kier molecular flexibility index (Phi) is 3.17. The number of anilines is 2. The van der Waals surface area contributed by atoms with Crippen LogP contribution in [-0.2, 0) is 0 Å². The lowest BCUT2D eigenvalue weighted by molar-refractivity contribution is 0.611. The van der Waals surface area contributed by atoms with Crippen molar-refractivity contribution in [3.63, 3.8) is 0 Å². The summed E-state index contributed by atoms with van der Waals surface area (Å²) < 4.78 is 13.9. The largest absolute Gasteiger partial charge is 0.330 e. The average Bonchev–Trinajstić information content (AvgIpc) is 2.79. The molecule has 2 heterocycles. The highest BCUT2D eigenvalue weighted by Gasteiger charge is 2.30. The molecule has 1 aliphatic heterocycles. The number of benzene rings is 1. The second kappa shape index (κ2) is 4.97. The van der Waals surface area contributed by atoms with Crippen LogP contribution in [0.2, 0.25) is 0 Å². The van der Waals surface area contributed by atoms with Crippen molar-refractivity contribution in [3.8, 4) is 0 Å². The first-order valence-electron chi connectivity index (χ1n) is 6.48. The van der Waals surface area contributed by atoms with Gasteiger partial charge in [0.15, 0.2) is 11.6 Å². The van der Waals surface area contributed by atoms with Crippen LogP contribution in [0.3, 0.4) is 0 Å². The van der Waals surface area contributed by atoms with Crippen molar-refractivity contribution < 1.29 is 4.39 Å². The molecule has 0 fully saturated rings. The van der Waals surface area contributed by atoms with Gasteiger partial charge in [0.25, 0.3) is 0 Å². The fraction of sp³-hybridized carbons (Fsp3) is 0.267. The topological polar surface area (TPSA) is 42.1 Å². The Morgan fingerprint density at radius 3 is 2.89 bits per heavy atom. The number of nitrogens with zero attached hydrogens (tertiary/aromatic N) is 2. The van der Waals surface area contributed by atoms with Gasteiger partial charge in [0.05, 0.1) is 0 Å². The zero-order chi connectivity index (χ0) is 13.2. The summed E-state index contributed by atoms with van der Waals surface area (Å²) in [5.41, 5.74) is 7.95. The van der Waals surface area contributed by atoms with Crippen LogP contribution < -0.4 is 10.6 Å². The molecule has 3 rings (SSSR count). The molecule has 1 aromatic carbocycles. The van der Waals surface area contributed by atoms with E-state index in [1.807, 2.05) is 23.1 Å². The molecule has 0 spiro atoms. The highest BCUT2D eigenvalue weighted by Crippen LogP contribution is 2.41. The van der Waals surface area contributed by atoms with E-state index >= 15 is 0 Å². The Labute approximate surface area is 111 Å². The van der Waals surface area contributed by atoms with Gasteiger partial charge in [0, 0.05) is 24.3 Å². The third-order valence-corrected chi connectivity index (χ3v) is 3.58. The SMILES string of the molecule is NCCC1CN(c2ncccc2F)c2ccccc21. The van der Waals surface area contributed by atoms with Crippen LogP contribution in [0.1, 0.15) is 17.9 Å². The number of para-hydroxylation sites is 1. The van der Waals surface area contributed by atoms with Gasteiger partial charge in [0.1, 0.15) is 0 Å². The molecule has 2 aromatic rings. The van der Waals surface area contributed by atoms with Crippen molar-refractivity contribution in [1.29, 1.82) is 0 Å². The molecule has 98 valence electrons. The number of rotatable bonds is 3. The van der Waals surface area contributed by atoms with Gasteiger partial charge in [-0.3, -0.25) is 0 Å². The van der Waals surface area contributed by atoms with Crippen molar-refractivity contribution >= 4 is 11.5 Å². The molecule has 0 aliphatic carbocycles. The lowest BCUT2D eigenvalue weighted by atomic mass is 9.98. The maximum atomic E-state index is 13.9. The predicted octanol–water partition coefficient (Wildman–Crippen LogP) is 2.80. The first-order chi connectivity index (χ1) is 9.31. The minimum absolute atomic E-state index is 0.286. The molecule has 1 atom stereocenters. The molecule has 1 aromatic heterocycles. The van der Waals surface area contributed by atoms with Crippen LogP contribution in [0.5, 0.6) is 0 Å². The Bertz CT molecular complexity index is 585. The molecule has 19 heavy (non-hydrogen) atoms. The number of aromatic nitrogens is 1. The maximum Gasteiger partial charge on any atom is 0.169 e. The molecule has 0 saturated carbocycles. The summed E-state index contributed by atoms with van der Waals surface area (Å²) in [5.74, 6) is 0.461. The molecule has 0 radical (unpaired) electrons. The molecule has 1 unspecified atom stereocenters. The summed E-state index contributed by atoms with van der Waals surface area (Å²) in [6.45, 7) is 1.38. The monoisotopic (exact) mass is 257 g/mol. The Balaban J connectivity index is 2.03. The normalized spacial score (nSPS) is 17.6. The fourth-order valence-electron chi connectivity index (χ4n) is 2.72. The quantitative estimate of drug-likeness (QED) is 0.919. The summed E-state index contributed by atoms with van der Waals surface area (Å²) in [7, 11) is 0. The molecule has 3 nitrogen and oxygen atoms in total. The van der Waals surface area contributed by atoms with Crippen LogP contribution in [0.15, 0.2) is 42.6 Å². The lowest BCUT2D eigenvalue weighted by Gasteiger charge is -2.19. The maximum absolute atomic E-state index is 13.9. The molecule has 0 amide bonds. The zero-order valence-electron chi connectivity index (χ0n) is 10.6. The zero-order valence-corrected chi connectivity index (χ0v) is 10.6. The summed E-state index contributed by atoms with van der Waals surface area (Å²) in [6.07, 6.45) is 2.53. The number of nitrogens with two attached hydrogens (primary N) is 1. The van der Waals surface area contributed by atoms with E-state index in [0.717, 1.165) is 18.7 Å². The van der Waals surface area contributed by atoms with Crippen molar-refractivity contribution in [1.82, 2.24) is 4.98 Å². The predicted molar refractivity (Wildman–Crippen MR) is 74.1 cm³/mol. The fourth-order valence-corrected chi connectivity index (χ4v) is 2.72. The van der Waals surface area contributed by atoms with E-state index in [0.29, 0.717) is 18.3 Å². The van der Waals surface area contributed by atoms with Crippen LogP contribution in [-0.4, -0.2) is 18.1 Å². The molecular weight excluding hydrogens is 241 g/mol. The molecular formula is C15H16FN3. The average molecular weight is 257 g/mol. The summed E-state index contributed by atoms with van der Waals surface area (Å²) in [4.78, 5) is 6.12. The Morgan fingerprint density at radius 1 is 1.26 bits per heavy atom. The highest BCUT2D eigenvalue weighted by atomic mass is 19.1. The number of hydrogen-bond acceptors (Lipinski definition) is 3. The molecule has 4 heteroatoms. The summed E-state index contributed by atoms with van der Waals surface area (Å²) >= 11 is 0. The van der Waals surface area contributed by atoms with E-state index in [1.165, 1.54) is 11.6 Å². The number of pyridine rings is 1. The third-order valence-electron chi connectivity index (χ3n) is 3.58. The van der Waals surface area contributed by atoms with Gasteiger partial charge in [-0.2, -0.15) is 0 Å². The number of hydrogen-bond donors (Lipinski definition) is 1. The van der Waals surface area contributed by atoms with Gasteiger partial charge in [-0.15, -0.1) is 0 Å². The van der Waals surface area contributed by atoms with Gasteiger partial charge in [-0.05, 0) is 36.7 Å². The molecule has 0 saturated heterocycles. The minimum Gasteiger partial charge on any atom is -0.330 e. The lowest BCUT2D eigenvalue weighted by Crippen LogP contribution is -2.19. The third kappa shape index (κ3) is 2.08. The van der Waals surface area contributed by atoms with E-state index in [4.69, 9.17) is 5.73 Å². The van der Waals surface area contributed by atoms with Crippen molar-refractivity contribution in [2.75, 3.05) is 18.0 Å². The number of halogens is 1. The van der Waals surface area contributed by atoms with Gasteiger partial charge in [-0.25, -0.2) is 9.37 Å². The van der Waals surface area contributed by atoms with E-state index < -0.39 is 0 Å².